The van der Waals surface area contributed by atoms with E-state index in [0.717, 1.165) is 12.1 Å². The van der Waals surface area contributed by atoms with Gasteiger partial charge in [0, 0.05) is 36.1 Å². The Hall–Kier alpha value is -2.59. The molecule has 1 atom stereocenters. The van der Waals surface area contributed by atoms with Gasteiger partial charge in [0.05, 0.1) is 0 Å². The highest BCUT2D eigenvalue weighted by molar-refractivity contribution is 5.86. The fraction of sp³-hybridized carbons (Fsp3) is 0.211. The second-order valence-corrected chi connectivity index (χ2v) is 5.97. The molecule has 1 aromatic heterocycles. The van der Waals surface area contributed by atoms with Crippen LogP contribution in [-0.4, -0.2) is 16.9 Å². The summed E-state index contributed by atoms with van der Waals surface area (Å²) in [7, 11) is 2.10. The van der Waals surface area contributed by atoms with Crippen molar-refractivity contribution < 1.29 is 0 Å². The second-order valence-electron chi connectivity index (χ2n) is 5.97. The first-order chi connectivity index (χ1) is 11.1. The first-order valence-electron chi connectivity index (χ1n) is 7.74. The van der Waals surface area contributed by atoms with Crippen LogP contribution in [0.4, 0.5) is 11.5 Å². The molecule has 3 rings (SSSR count). The standard InChI is InChI=1S/C19H22N4/c1-13(16-9-5-7-14-6-3-4-8-17(14)16)23(2)12-15-11-22-19(21)10-18(15)20/h3-11,13H,12H2,1-2H3,(H4,20,21,22)/t13-/m1/s1. The average molecular weight is 306 g/mol. The number of fused-ring (bicyclic) bond motifs is 1. The Morgan fingerprint density at radius 2 is 1.83 bits per heavy atom. The van der Waals surface area contributed by atoms with Gasteiger partial charge in [-0.05, 0) is 30.3 Å². The van der Waals surface area contributed by atoms with E-state index < -0.39 is 0 Å². The predicted octanol–water partition coefficient (Wildman–Crippen LogP) is 3.59. The molecule has 0 spiro atoms. The van der Waals surface area contributed by atoms with E-state index >= 15 is 0 Å². The number of anilines is 2. The molecule has 0 saturated heterocycles. The Morgan fingerprint density at radius 3 is 2.61 bits per heavy atom. The van der Waals surface area contributed by atoms with Crippen LogP contribution in [0.3, 0.4) is 0 Å². The molecule has 4 N–H and O–H groups in total. The summed E-state index contributed by atoms with van der Waals surface area (Å²) >= 11 is 0. The first kappa shape index (κ1) is 15.3. The molecule has 0 fully saturated rings. The maximum atomic E-state index is 6.05. The third kappa shape index (κ3) is 3.12. The molecular weight excluding hydrogens is 284 g/mol. The number of nitrogens with two attached hydrogens (primary N) is 2. The Bertz CT molecular complexity index is 823. The zero-order chi connectivity index (χ0) is 16.4. The minimum absolute atomic E-state index is 0.262. The summed E-state index contributed by atoms with van der Waals surface area (Å²) in [5.74, 6) is 0.455. The normalized spacial score (nSPS) is 12.7. The number of benzene rings is 2. The molecule has 118 valence electrons. The molecule has 0 bridgehead atoms. The zero-order valence-corrected chi connectivity index (χ0v) is 13.5. The molecule has 2 aromatic carbocycles. The summed E-state index contributed by atoms with van der Waals surface area (Å²) < 4.78 is 0. The lowest BCUT2D eigenvalue weighted by Crippen LogP contribution is -2.23. The van der Waals surface area contributed by atoms with Gasteiger partial charge in [-0.2, -0.15) is 0 Å². The average Bonchev–Trinajstić information content (AvgIpc) is 2.56. The molecular formula is C19H22N4. The van der Waals surface area contributed by atoms with Crippen LogP contribution >= 0.6 is 0 Å². The van der Waals surface area contributed by atoms with E-state index in [1.807, 2.05) is 0 Å². The topological polar surface area (TPSA) is 68.2 Å². The molecule has 4 heteroatoms. The number of nitrogen functional groups attached to an aromatic ring is 2. The highest BCUT2D eigenvalue weighted by Crippen LogP contribution is 2.28. The quantitative estimate of drug-likeness (QED) is 0.773. The maximum absolute atomic E-state index is 6.05. The highest BCUT2D eigenvalue weighted by atomic mass is 15.1. The zero-order valence-electron chi connectivity index (χ0n) is 13.5. The Morgan fingerprint density at radius 1 is 1.09 bits per heavy atom. The van der Waals surface area contributed by atoms with Crippen molar-refractivity contribution in [2.75, 3.05) is 18.5 Å². The van der Waals surface area contributed by atoms with Crippen molar-refractivity contribution in [3.8, 4) is 0 Å². The minimum atomic E-state index is 0.262. The third-order valence-corrected chi connectivity index (χ3v) is 4.40. The van der Waals surface area contributed by atoms with Gasteiger partial charge in [-0.15, -0.1) is 0 Å². The summed E-state index contributed by atoms with van der Waals surface area (Å²) in [5, 5.41) is 2.55. The van der Waals surface area contributed by atoms with Crippen LogP contribution in [0.5, 0.6) is 0 Å². The van der Waals surface area contributed by atoms with Crippen LogP contribution in [0.25, 0.3) is 10.8 Å². The van der Waals surface area contributed by atoms with E-state index in [1.54, 1.807) is 12.3 Å². The number of hydrogen-bond acceptors (Lipinski definition) is 4. The molecule has 0 aliphatic carbocycles. The molecule has 4 nitrogen and oxygen atoms in total. The van der Waals surface area contributed by atoms with Gasteiger partial charge in [-0.1, -0.05) is 42.5 Å². The molecule has 0 unspecified atom stereocenters. The van der Waals surface area contributed by atoms with Crippen molar-refractivity contribution in [2.45, 2.75) is 19.5 Å². The van der Waals surface area contributed by atoms with Crippen molar-refractivity contribution in [3.63, 3.8) is 0 Å². The third-order valence-electron chi connectivity index (χ3n) is 4.40. The van der Waals surface area contributed by atoms with E-state index in [-0.39, 0.29) is 6.04 Å². The SMILES string of the molecule is C[C@H](c1cccc2ccccc12)N(C)Cc1cnc(N)cc1N. The molecule has 1 heterocycles. The summed E-state index contributed by atoms with van der Waals surface area (Å²) in [6, 6.07) is 16.9. The number of hydrogen-bond donors (Lipinski definition) is 2. The summed E-state index contributed by atoms with van der Waals surface area (Å²) in [5.41, 5.74) is 14.7. The van der Waals surface area contributed by atoms with Gasteiger partial charge in [0.2, 0.25) is 0 Å². The maximum Gasteiger partial charge on any atom is 0.125 e. The minimum Gasteiger partial charge on any atom is -0.398 e. The van der Waals surface area contributed by atoms with E-state index in [2.05, 4.69) is 66.3 Å². The van der Waals surface area contributed by atoms with Gasteiger partial charge in [-0.25, -0.2) is 4.98 Å². The second kappa shape index (κ2) is 6.26. The van der Waals surface area contributed by atoms with E-state index in [9.17, 15) is 0 Å². The van der Waals surface area contributed by atoms with Crippen molar-refractivity contribution in [2.24, 2.45) is 0 Å². The van der Waals surface area contributed by atoms with Crippen LogP contribution < -0.4 is 11.5 Å². The Balaban J connectivity index is 1.88. The molecule has 0 amide bonds. The summed E-state index contributed by atoms with van der Waals surface area (Å²) in [6.07, 6.45) is 1.76. The predicted molar refractivity (Wildman–Crippen MR) is 96.9 cm³/mol. The van der Waals surface area contributed by atoms with Gasteiger partial charge < -0.3 is 11.5 Å². The van der Waals surface area contributed by atoms with E-state index in [1.165, 1.54) is 16.3 Å². The number of aromatic nitrogens is 1. The smallest absolute Gasteiger partial charge is 0.125 e. The van der Waals surface area contributed by atoms with Crippen molar-refractivity contribution in [3.05, 3.63) is 65.9 Å². The molecule has 0 radical (unpaired) electrons. The number of rotatable bonds is 4. The molecule has 23 heavy (non-hydrogen) atoms. The van der Waals surface area contributed by atoms with Gasteiger partial charge >= 0.3 is 0 Å². The lowest BCUT2D eigenvalue weighted by Gasteiger charge is -2.26. The molecule has 3 aromatic rings. The fourth-order valence-corrected chi connectivity index (χ4v) is 2.91. The van der Waals surface area contributed by atoms with Crippen molar-refractivity contribution in [1.82, 2.24) is 9.88 Å². The van der Waals surface area contributed by atoms with Gasteiger partial charge in [0.15, 0.2) is 0 Å². The van der Waals surface area contributed by atoms with Crippen LogP contribution in [0, 0.1) is 0 Å². The van der Waals surface area contributed by atoms with Crippen LogP contribution in [0.15, 0.2) is 54.7 Å². The largest absolute Gasteiger partial charge is 0.398 e. The van der Waals surface area contributed by atoms with Crippen LogP contribution in [-0.2, 0) is 6.54 Å². The number of pyridine rings is 1. The van der Waals surface area contributed by atoms with E-state index in [0.29, 0.717) is 11.5 Å². The Labute approximate surface area is 136 Å². The molecule has 0 saturated carbocycles. The van der Waals surface area contributed by atoms with E-state index in [4.69, 9.17) is 11.5 Å². The van der Waals surface area contributed by atoms with Gasteiger partial charge in [0.25, 0.3) is 0 Å². The lowest BCUT2D eigenvalue weighted by molar-refractivity contribution is 0.254. The van der Waals surface area contributed by atoms with Crippen LogP contribution in [0.1, 0.15) is 24.1 Å². The lowest BCUT2D eigenvalue weighted by atomic mass is 9.98. The number of nitrogens with zero attached hydrogens (tertiary/aromatic N) is 2. The Kier molecular flexibility index (Phi) is 4.17. The first-order valence-corrected chi connectivity index (χ1v) is 7.74. The highest BCUT2D eigenvalue weighted by Gasteiger charge is 2.15. The molecule has 0 aliphatic heterocycles. The monoisotopic (exact) mass is 306 g/mol. The van der Waals surface area contributed by atoms with Gasteiger partial charge in [-0.3, -0.25) is 4.90 Å². The van der Waals surface area contributed by atoms with Crippen LogP contribution in [0.2, 0.25) is 0 Å². The molecule has 0 aliphatic rings. The van der Waals surface area contributed by atoms with Gasteiger partial charge in [0.1, 0.15) is 5.82 Å². The summed E-state index contributed by atoms with van der Waals surface area (Å²) in [4.78, 5) is 6.42. The summed E-state index contributed by atoms with van der Waals surface area (Å²) in [6.45, 7) is 2.94. The fourth-order valence-electron chi connectivity index (χ4n) is 2.91. The van der Waals surface area contributed by atoms with Crippen molar-refractivity contribution >= 4 is 22.3 Å². The van der Waals surface area contributed by atoms with Crippen molar-refractivity contribution in [1.29, 1.82) is 0 Å².